The number of aromatic hydroxyl groups is 1. The number of halogens is 1. The second kappa shape index (κ2) is 3.79. The van der Waals surface area contributed by atoms with Crippen molar-refractivity contribution in [1.29, 1.82) is 0 Å². The van der Waals surface area contributed by atoms with E-state index < -0.39 is 0 Å². The van der Waals surface area contributed by atoms with Crippen molar-refractivity contribution in [2.75, 3.05) is 0 Å². The lowest BCUT2D eigenvalue weighted by molar-refractivity contribution is 0.327. The summed E-state index contributed by atoms with van der Waals surface area (Å²) in [6, 6.07) is 4.76. The number of benzene rings is 1. The van der Waals surface area contributed by atoms with Gasteiger partial charge in [0, 0.05) is 11.1 Å². The number of phenols is 1. The van der Waals surface area contributed by atoms with Crippen molar-refractivity contribution in [2.24, 2.45) is 11.1 Å². The molecule has 14 heavy (non-hydrogen) atoms. The minimum atomic E-state index is -0.129. The number of rotatable bonds is 1. The van der Waals surface area contributed by atoms with Crippen LogP contribution < -0.4 is 5.73 Å². The zero-order valence-corrected chi connectivity index (χ0v) is 9.47. The van der Waals surface area contributed by atoms with E-state index in [1.807, 2.05) is 0 Å². The Balaban J connectivity index is 3.08. The van der Waals surface area contributed by atoms with Crippen molar-refractivity contribution in [3.05, 3.63) is 28.8 Å². The highest BCUT2D eigenvalue weighted by Crippen LogP contribution is 2.35. The third-order valence-corrected chi connectivity index (χ3v) is 2.58. The Labute approximate surface area is 89.7 Å². The molecule has 1 rings (SSSR count). The van der Waals surface area contributed by atoms with E-state index in [4.69, 9.17) is 17.3 Å². The Morgan fingerprint density at radius 3 is 2.36 bits per heavy atom. The molecule has 0 saturated heterocycles. The zero-order chi connectivity index (χ0) is 10.9. The fourth-order valence-electron chi connectivity index (χ4n) is 1.23. The van der Waals surface area contributed by atoms with Crippen LogP contribution in [-0.4, -0.2) is 5.11 Å². The van der Waals surface area contributed by atoms with Crippen LogP contribution in [0.3, 0.4) is 0 Å². The first kappa shape index (κ1) is 11.3. The third-order valence-electron chi connectivity index (χ3n) is 2.25. The molecule has 0 aromatic heterocycles. The van der Waals surface area contributed by atoms with Gasteiger partial charge in [-0.05, 0) is 23.1 Å². The second-order valence-corrected chi connectivity index (χ2v) is 4.96. The quantitative estimate of drug-likeness (QED) is 0.753. The van der Waals surface area contributed by atoms with Gasteiger partial charge in [0.05, 0.1) is 0 Å². The van der Waals surface area contributed by atoms with Crippen molar-refractivity contribution < 1.29 is 5.11 Å². The molecule has 3 N–H and O–H groups in total. The molecule has 0 saturated carbocycles. The lowest BCUT2D eigenvalue weighted by Gasteiger charge is -2.28. The van der Waals surface area contributed by atoms with Gasteiger partial charge in [-0.15, -0.1) is 0 Å². The molecular formula is C11H16ClNO. The molecule has 0 bridgehead atoms. The fraction of sp³-hybridized carbons (Fsp3) is 0.455. The Hall–Kier alpha value is -0.730. The minimum Gasteiger partial charge on any atom is -0.508 e. The van der Waals surface area contributed by atoms with Crippen LogP contribution in [0.25, 0.3) is 0 Å². The Bertz CT molecular complexity index is 331. The molecule has 1 unspecified atom stereocenters. The van der Waals surface area contributed by atoms with E-state index in [-0.39, 0.29) is 17.2 Å². The van der Waals surface area contributed by atoms with Crippen LogP contribution in [0.2, 0.25) is 5.02 Å². The largest absolute Gasteiger partial charge is 0.508 e. The molecular weight excluding hydrogens is 198 g/mol. The average molecular weight is 214 g/mol. The van der Waals surface area contributed by atoms with Crippen LogP contribution in [0.1, 0.15) is 32.4 Å². The monoisotopic (exact) mass is 213 g/mol. The molecule has 0 aliphatic heterocycles. The fourth-order valence-corrected chi connectivity index (χ4v) is 1.53. The molecule has 0 heterocycles. The number of phenolic OH excluding ortho intramolecular Hbond substituents is 1. The van der Waals surface area contributed by atoms with Gasteiger partial charge in [-0.25, -0.2) is 0 Å². The second-order valence-electron chi connectivity index (χ2n) is 4.55. The minimum absolute atomic E-state index is 0.0411. The van der Waals surface area contributed by atoms with Gasteiger partial charge in [0.15, 0.2) is 0 Å². The van der Waals surface area contributed by atoms with Crippen molar-refractivity contribution in [2.45, 2.75) is 26.8 Å². The first-order valence-corrected chi connectivity index (χ1v) is 4.94. The summed E-state index contributed by atoms with van der Waals surface area (Å²) < 4.78 is 0. The summed E-state index contributed by atoms with van der Waals surface area (Å²) in [4.78, 5) is 0. The normalized spacial score (nSPS) is 14.1. The highest BCUT2D eigenvalue weighted by Gasteiger charge is 2.24. The number of hydrogen-bond acceptors (Lipinski definition) is 2. The van der Waals surface area contributed by atoms with Gasteiger partial charge in [-0.2, -0.15) is 0 Å². The van der Waals surface area contributed by atoms with E-state index in [0.29, 0.717) is 5.02 Å². The van der Waals surface area contributed by atoms with E-state index in [9.17, 15) is 5.11 Å². The zero-order valence-electron chi connectivity index (χ0n) is 8.71. The van der Waals surface area contributed by atoms with Gasteiger partial charge in [0.2, 0.25) is 0 Å². The van der Waals surface area contributed by atoms with E-state index in [0.717, 1.165) is 5.56 Å². The van der Waals surface area contributed by atoms with Crippen LogP contribution in [0.5, 0.6) is 5.75 Å². The summed E-state index contributed by atoms with van der Waals surface area (Å²) in [6.07, 6.45) is 0. The highest BCUT2D eigenvalue weighted by molar-refractivity contribution is 6.31. The topological polar surface area (TPSA) is 46.2 Å². The van der Waals surface area contributed by atoms with E-state index >= 15 is 0 Å². The maximum atomic E-state index is 9.20. The van der Waals surface area contributed by atoms with Crippen LogP contribution in [0.4, 0.5) is 0 Å². The van der Waals surface area contributed by atoms with Gasteiger partial charge in [-0.1, -0.05) is 38.4 Å². The predicted molar refractivity (Wildman–Crippen MR) is 59.5 cm³/mol. The van der Waals surface area contributed by atoms with Gasteiger partial charge in [0.1, 0.15) is 5.75 Å². The Morgan fingerprint density at radius 1 is 1.36 bits per heavy atom. The predicted octanol–water partition coefficient (Wildman–Crippen LogP) is 3.09. The van der Waals surface area contributed by atoms with Gasteiger partial charge in [0.25, 0.3) is 0 Å². The Kier molecular flexibility index (Phi) is 3.07. The smallest absolute Gasteiger partial charge is 0.117 e. The molecule has 0 spiro atoms. The molecule has 2 nitrogen and oxygen atoms in total. The van der Waals surface area contributed by atoms with E-state index in [1.165, 1.54) is 6.07 Å². The SMILES string of the molecule is CC(C)(C)C(N)c1ccc(O)cc1Cl. The van der Waals surface area contributed by atoms with Crippen LogP contribution >= 0.6 is 11.6 Å². The first-order chi connectivity index (χ1) is 6.32. The van der Waals surface area contributed by atoms with Crippen LogP contribution in [0.15, 0.2) is 18.2 Å². The van der Waals surface area contributed by atoms with Gasteiger partial charge < -0.3 is 10.8 Å². The Morgan fingerprint density at radius 2 is 1.93 bits per heavy atom. The lowest BCUT2D eigenvalue weighted by atomic mass is 9.83. The average Bonchev–Trinajstić information content (AvgIpc) is 2.01. The standard InChI is InChI=1S/C11H16ClNO/c1-11(2,3)10(13)8-5-4-7(14)6-9(8)12/h4-6,10,14H,13H2,1-3H3. The number of hydrogen-bond donors (Lipinski definition) is 2. The van der Waals surface area contributed by atoms with E-state index in [2.05, 4.69) is 20.8 Å². The summed E-state index contributed by atoms with van der Waals surface area (Å²) in [6.45, 7) is 6.17. The van der Waals surface area contributed by atoms with Crippen molar-refractivity contribution in [3.63, 3.8) is 0 Å². The van der Waals surface area contributed by atoms with E-state index in [1.54, 1.807) is 12.1 Å². The summed E-state index contributed by atoms with van der Waals surface area (Å²) in [7, 11) is 0. The number of nitrogens with two attached hydrogens (primary N) is 1. The van der Waals surface area contributed by atoms with Crippen LogP contribution in [0, 0.1) is 5.41 Å². The summed E-state index contributed by atoms with van der Waals surface area (Å²) >= 11 is 5.99. The lowest BCUT2D eigenvalue weighted by Crippen LogP contribution is -2.26. The molecule has 3 heteroatoms. The maximum absolute atomic E-state index is 9.20. The molecule has 78 valence electrons. The maximum Gasteiger partial charge on any atom is 0.117 e. The van der Waals surface area contributed by atoms with Gasteiger partial charge >= 0.3 is 0 Å². The van der Waals surface area contributed by atoms with Crippen molar-refractivity contribution in [3.8, 4) is 5.75 Å². The van der Waals surface area contributed by atoms with Crippen LogP contribution in [-0.2, 0) is 0 Å². The molecule has 1 aromatic carbocycles. The molecule has 1 atom stereocenters. The molecule has 1 aromatic rings. The first-order valence-electron chi connectivity index (χ1n) is 4.56. The van der Waals surface area contributed by atoms with Crippen molar-refractivity contribution >= 4 is 11.6 Å². The molecule has 0 radical (unpaired) electrons. The van der Waals surface area contributed by atoms with Crippen molar-refractivity contribution in [1.82, 2.24) is 0 Å². The summed E-state index contributed by atoms with van der Waals surface area (Å²) in [5.41, 5.74) is 6.89. The molecule has 0 aliphatic rings. The summed E-state index contributed by atoms with van der Waals surface area (Å²) in [5.74, 6) is 0.167. The highest BCUT2D eigenvalue weighted by atomic mass is 35.5. The molecule has 0 amide bonds. The molecule has 0 aliphatic carbocycles. The summed E-state index contributed by atoms with van der Waals surface area (Å²) in [5, 5.41) is 9.72. The third kappa shape index (κ3) is 2.40. The molecule has 0 fully saturated rings. The van der Waals surface area contributed by atoms with Gasteiger partial charge in [-0.3, -0.25) is 0 Å².